The Labute approximate surface area is 69.8 Å². The number of aliphatic hydroxyl groups is 1. The SMILES string of the molecule is COC(=O)C1=C[C@H]2C[C@@H](O)[C@@H]1O2. The first-order valence-electron chi connectivity index (χ1n) is 3.86. The number of hydrogen-bond donors (Lipinski definition) is 1. The molecular weight excluding hydrogens is 160 g/mol. The highest BCUT2D eigenvalue weighted by Crippen LogP contribution is 2.34. The van der Waals surface area contributed by atoms with Crippen LogP contribution in [0, 0.1) is 0 Å². The maximum Gasteiger partial charge on any atom is 0.336 e. The van der Waals surface area contributed by atoms with Crippen LogP contribution in [-0.2, 0) is 14.3 Å². The monoisotopic (exact) mass is 170 g/mol. The van der Waals surface area contributed by atoms with Crippen LogP contribution in [0.3, 0.4) is 0 Å². The Morgan fingerprint density at radius 2 is 2.58 bits per heavy atom. The number of hydrogen-bond acceptors (Lipinski definition) is 4. The van der Waals surface area contributed by atoms with Crippen LogP contribution in [0.5, 0.6) is 0 Å². The van der Waals surface area contributed by atoms with E-state index in [1.807, 2.05) is 0 Å². The van der Waals surface area contributed by atoms with Gasteiger partial charge in [-0.2, -0.15) is 0 Å². The van der Waals surface area contributed by atoms with Gasteiger partial charge >= 0.3 is 5.97 Å². The van der Waals surface area contributed by atoms with E-state index >= 15 is 0 Å². The molecule has 0 saturated carbocycles. The van der Waals surface area contributed by atoms with Crippen LogP contribution < -0.4 is 0 Å². The average Bonchev–Trinajstić information content (AvgIpc) is 2.60. The molecule has 0 aromatic carbocycles. The number of methoxy groups -OCH3 is 1. The molecule has 4 heteroatoms. The standard InChI is InChI=1S/C8H10O4/c1-11-8(10)5-2-4-3-6(9)7(5)12-4/h2,4,6-7,9H,3H2,1H3/t4-,6+,7+/m0/s1. The van der Waals surface area contributed by atoms with E-state index in [0.29, 0.717) is 12.0 Å². The van der Waals surface area contributed by atoms with Gasteiger partial charge in [0.25, 0.3) is 0 Å². The Morgan fingerprint density at radius 1 is 1.83 bits per heavy atom. The highest BCUT2D eigenvalue weighted by Gasteiger charge is 2.44. The fourth-order valence-electron chi connectivity index (χ4n) is 1.68. The molecule has 0 aliphatic carbocycles. The first-order chi connectivity index (χ1) is 5.72. The van der Waals surface area contributed by atoms with Crippen molar-refractivity contribution in [3.05, 3.63) is 11.6 Å². The van der Waals surface area contributed by atoms with Crippen molar-refractivity contribution >= 4 is 5.97 Å². The molecule has 3 atom stereocenters. The highest BCUT2D eigenvalue weighted by molar-refractivity contribution is 5.90. The van der Waals surface area contributed by atoms with Crippen LogP contribution in [0.15, 0.2) is 11.6 Å². The fourth-order valence-corrected chi connectivity index (χ4v) is 1.68. The van der Waals surface area contributed by atoms with Crippen LogP contribution in [0.25, 0.3) is 0 Å². The van der Waals surface area contributed by atoms with E-state index in [4.69, 9.17) is 4.74 Å². The van der Waals surface area contributed by atoms with Crippen LogP contribution in [0.4, 0.5) is 0 Å². The summed E-state index contributed by atoms with van der Waals surface area (Å²) in [4.78, 5) is 11.1. The molecule has 12 heavy (non-hydrogen) atoms. The highest BCUT2D eigenvalue weighted by atomic mass is 16.5. The van der Waals surface area contributed by atoms with Gasteiger partial charge in [-0.1, -0.05) is 0 Å². The third-order valence-electron chi connectivity index (χ3n) is 2.24. The molecule has 2 aliphatic heterocycles. The molecule has 2 heterocycles. The van der Waals surface area contributed by atoms with Crippen LogP contribution in [0.1, 0.15) is 6.42 Å². The summed E-state index contributed by atoms with van der Waals surface area (Å²) in [6.45, 7) is 0. The van der Waals surface area contributed by atoms with Crippen molar-refractivity contribution in [2.75, 3.05) is 7.11 Å². The van der Waals surface area contributed by atoms with E-state index in [1.54, 1.807) is 6.08 Å². The Balaban J connectivity index is 2.19. The van der Waals surface area contributed by atoms with Gasteiger partial charge in [0.05, 0.1) is 24.9 Å². The lowest BCUT2D eigenvalue weighted by molar-refractivity contribution is -0.137. The minimum atomic E-state index is -0.547. The summed E-state index contributed by atoms with van der Waals surface area (Å²) in [5, 5.41) is 9.36. The Kier molecular flexibility index (Phi) is 1.66. The van der Waals surface area contributed by atoms with Gasteiger partial charge in [-0.15, -0.1) is 0 Å². The second kappa shape index (κ2) is 2.57. The summed E-state index contributed by atoms with van der Waals surface area (Å²) in [6, 6.07) is 0. The Morgan fingerprint density at radius 3 is 3.08 bits per heavy atom. The van der Waals surface area contributed by atoms with Gasteiger partial charge in [0, 0.05) is 6.42 Å². The first-order valence-corrected chi connectivity index (χ1v) is 3.86. The molecule has 1 N–H and O–H groups in total. The van der Waals surface area contributed by atoms with E-state index in [1.165, 1.54) is 7.11 Å². The number of fused-ring (bicyclic) bond motifs is 2. The third kappa shape index (κ3) is 0.956. The number of carbonyl (C=O) groups is 1. The predicted molar refractivity (Wildman–Crippen MR) is 39.4 cm³/mol. The summed E-state index contributed by atoms with van der Waals surface area (Å²) in [7, 11) is 1.32. The molecule has 0 aromatic rings. The second-order valence-corrected chi connectivity index (χ2v) is 3.01. The molecule has 0 radical (unpaired) electrons. The zero-order valence-corrected chi connectivity index (χ0v) is 6.69. The fraction of sp³-hybridized carbons (Fsp3) is 0.625. The van der Waals surface area contributed by atoms with Crippen LogP contribution in [0.2, 0.25) is 0 Å². The molecule has 2 bridgehead atoms. The molecule has 4 nitrogen and oxygen atoms in total. The summed E-state index contributed by atoms with van der Waals surface area (Å²) in [6.07, 6.45) is 1.21. The van der Waals surface area contributed by atoms with Gasteiger partial charge in [0.1, 0.15) is 6.10 Å². The van der Waals surface area contributed by atoms with Gasteiger partial charge in [0.2, 0.25) is 0 Å². The summed E-state index contributed by atoms with van der Waals surface area (Å²) < 4.78 is 9.81. The zero-order valence-electron chi connectivity index (χ0n) is 6.69. The summed E-state index contributed by atoms with van der Waals surface area (Å²) in [5.74, 6) is -0.402. The Hall–Kier alpha value is -0.870. The average molecular weight is 170 g/mol. The lowest BCUT2D eigenvalue weighted by Gasteiger charge is -2.13. The van der Waals surface area contributed by atoms with Gasteiger partial charge in [0.15, 0.2) is 0 Å². The van der Waals surface area contributed by atoms with Crippen molar-refractivity contribution in [1.82, 2.24) is 0 Å². The number of ether oxygens (including phenoxy) is 2. The van der Waals surface area contributed by atoms with Crippen molar-refractivity contribution in [3.63, 3.8) is 0 Å². The van der Waals surface area contributed by atoms with E-state index < -0.39 is 18.2 Å². The molecule has 0 spiro atoms. The molecule has 2 rings (SSSR count). The quantitative estimate of drug-likeness (QED) is 0.545. The van der Waals surface area contributed by atoms with Gasteiger partial charge in [-0.05, 0) is 6.08 Å². The van der Waals surface area contributed by atoms with E-state index in [0.717, 1.165) is 0 Å². The van der Waals surface area contributed by atoms with Crippen molar-refractivity contribution in [1.29, 1.82) is 0 Å². The topological polar surface area (TPSA) is 55.8 Å². The molecule has 1 saturated heterocycles. The van der Waals surface area contributed by atoms with Crippen molar-refractivity contribution in [2.45, 2.75) is 24.7 Å². The predicted octanol–water partition coefficient (Wildman–Crippen LogP) is -0.382. The summed E-state index contributed by atoms with van der Waals surface area (Å²) >= 11 is 0. The maximum atomic E-state index is 11.1. The lowest BCUT2D eigenvalue weighted by Crippen LogP contribution is -2.27. The number of aliphatic hydroxyl groups excluding tert-OH is 1. The van der Waals surface area contributed by atoms with Crippen LogP contribution >= 0.6 is 0 Å². The van der Waals surface area contributed by atoms with Crippen molar-refractivity contribution in [2.24, 2.45) is 0 Å². The lowest BCUT2D eigenvalue weighted by atomic mass is 9.97. The Bertz CT molecular complexity index is 245. The molecule has 1 fully saturated rings. The number of esters is 1. The van der Waals surface area contributed by atoms with Crippen LogP contribution in [-0.4, -0.2) is 36.5 Å². The minimum absolute atomic E-state index is 0.0981. The summed E-state index contributed by atoms with van der Waals surface area (Å²) in [5.41, 5.74) is 0.459. The molecule has 0 amide bonds. The molecule has 0 aromatic heterocycles. The van der Waals surface area contributed by atoms with E-state index in [-0.39, 0.29) is 6.10 Å². The molecule has 2 aliphatic rings. The smallest absolute Gasteiger partial charge is 0.336 e. The van der Waals surface area contributed by atoms with Crippen molar-refractivity contribution < 1.29 is 19.4 Å². The van der Waals surface area contributed by atoms with Gasteiger partial charge in [-0.3, -0.25) is 0 Å². The van der Waals surface area contributed by atoms with E-state index in [9.17, 15) is 9.90 Å². The van der Waals surface area contributed by atoms with Gasteiger partial charge < -0.3 is 14.6 Å². The van der Waals surface area contributed by atoms with E-state index in [2.05, 4.69) is 4.74 Å². The molecular formula is C8H10O4. The molecule has 66 valence electrons. The zero-order chi connectivity index (χ0) is 8.72. The molecule has 0 unspecified atom stereocenters. The first kappa shape index (κ1) is 7.76. The minimum Gasteiger partial charge on any atom is -0.466 e. The van der Waals surface area contributed by atoms with Gasteiger partial charge in [-0.25, -0.2) is 4.79 Å². The second-order valence-electron chi connectivity index (χ2n) is 3.01. The number of rotatable bonds is 1. The maximum absolute atomic E-state index is 11.1. The third-order valence-corrected chi connectivity index (χ3v) is 2.24. The number of carbonyl (C=O) groups excluding carboxylic acids is 1. The van der Waals surface area contributed by atoms with Crippen molar-refractivity contribution in [3.8, 4) is 0 Å². The largest absolute Gasteiger partial charge is 0.466 e. The normalized spacial score (nSPS) is 38.2.